The van der Waals surface area contributed by atoms with Gasteiger partial charge < -0.3 is 9.64 Å². The van der Waals surface area contributed by atoms with Gasteiger partial charge in [-0.1, -0.05) is 18.1 Å². The molecule has 7 heteroatoms. The minimum Gasteiger partial charge on any atom is -0.489 e. The monoisotopic (exact) mass is 482 g/mol. The van der Waals surface area contributed by atoms with E-state index in [0.717, 1.165) is 53.1 Å². The number of rotatable bonds is 5. The zero-order chi connectivity index (χ0) is 25.1. The van der Waals surface area contributed by atoms with Gasteiger partial charge in [-0.2, -0.15) is 0 Å². The molecule has 1 atom stereocenters. The Balaban J connectivity index is 1.48. The molecule has 1 aliphatic heterocycles. The Morgan fingerprint density at radius 2 is 2.03 bits per heavy atom. The van der Waals surface area contributed by atoms with E-state index < -0.39 is 0 Å². The first kappa shape index (κ1) is 23.6. The lowest BCUT2D eigenvalue weighted by Crippen LogP contribution is -2.38. The summed E-state index contributed by atoms with van der Waals surface area (Å²) in [7, 11) is 0. The Bertz CT molecular complexity index is 1470. The fourth-order valence-electron chi connectivity index (χ4n) is 4.78. The maximum atomic E-state index is 13.4. The molecule has 0 N–H and O–H groups in total. The lowest BCUT2D eigenvalue weighted by atomic mass is 10.0. The number of benzene rings is 2. The van der Waals surface area contributed by atoms with E-state index in [0.29, 0.717) is 12.3 Å². The summed E-state index contributed by atoms with van der Waals surface area (Å²) in [6, 6.07) is 13.9. The van der Waals surface area contributed by atoms with Gasteiger partial charge in [0, 0.05) is 24.5 Å². The number of aromatic nitrogens is 3. The van der Waals surface area contributed by atoms with E-state index in [-0.39, 0.29) is 24.4 Å². The van der Waals surface area contributed by atoms with Crippen molar-refractivity contribution in [1.82, 2.24) is 19.3 Å². The van der Waals surface area contributed by atoms with E-state index in [9.17, 15) is 9.18 Å². The number of hydrogen-bond donors (Lipinski definition) is 0. The van der Waals surface area contributed by atoms with Crippen molar-refractivity contribution in [2.24, 2.45) is 0 Å². The second-order valence-electron chi connectivity index (χ2n) is 8.88. The molecule has 6 nitrogen and oxygen atoms in total. The maximum Gasteiger partial charge on any atom is 0.299 e. The minimum absolute atomic E-state index is 0.149. The first-order valence-electron chi connectivity index (χ1n) is 12.1. The van der Waals surface area contributed by atoms with Crippen molar-refractivity contribution in [3.05, 3.63) is 83.8 Å². The van der Waals surface area contributed by atoms with E-state index in [1.54, 1.807) is 19.2 Å². The molecule has 2 aromatic carbocycles. The van der Waals surface area contributed by atoms with Gasteiger partial charge in [-0.3, -0.25) is 14.2 Å². The second-order valence-corrected chi connectivity index (χ2v) is 8.88. The molecule has 0 bridgehead atoms. The molecule has 2 aromatic heterocycles. The Hall–Kier alpha value is -4.18. The van der Waals surface area contributed by atoms with E-state index in [1.165, 1.54) is 12.1 Å². The predicted molar refractivity (Wildman–Crippen MR) is 136 cm³/mol. The van der Waals surface area contributed by atoms with Crippen LogP contribution in [0.25, 0.3) is 16.8 Å². The van der Waals surface area contributed by atoms with Gasteiger partial charge >= 0.3 is 0 Å². The summed E-state index contributed by atoms with van der Waals surface area (Å²) in [6.45, 7) is 4.60. The molecule has 3 heterocycles. The van der Waals surface area contributed by atoms with Crippen LogP contribution in [-0.4, -0.2) is 31.7 Å². The molecule has 0 saturated carbocycles. The Labute approximate surface area is 209 Å². The van der Waals surface area contributed by atoms with E-state index in [2.05, 4.69) is 21.2 Å². The van der Waals surface area contributed by atoms with Gasteiger partial charge in [0.05, 0.1) is 22.9 Å². The molecule has 4 aromatic rings. The first-order chi connectivity index (χ1) is 17.5. The van der Waals surface area contributed by atoms with Gasteiger partial charge in [-0.15, -0.1) is 0 Å². The Morgan fingerprint density at radius 1 is 1.19 bits per heavy atom. The van der Waals surface area contributed by atoms with Crippen molar-refractivity contribution in [3.63, 3.8) is 0 Å². The molecular weight excluding hydrogens is 455 g/mol. The summed E-state index contributed by atoms with van der Waals surface area (Å²) in [5.41, 5.74) is 4.28. The van der Waals surface area contributed by atoms with Crippen LogP contribution in [0.4, 0.5) is 4.39 Å². The molecular formula is C29H27FN4O2. The predicted octanol–water partition coefficient (Wildman–Crippen LogP) is 5.50. The molecule has 1 fully saturated rings. The Morgan fingerprint density at radius 3 is 2.81 bits per heavy atom. The van der Waals surface area contributed by atoms with E-state index in [1.807, 2.05) is 48.4 Å². The quantitative estimate of drug-likeness (QED) is 0.353. The average Bonchev–Trinajstić information content (AvgIpc) is 3.29. The van der Waals surface area contributed by atoms with Crippen molar-refractivity contribution in [2.75, 3.05) is 6.54 Å². The summed E-state index contributed by atoms with van der Waals surface area (Å²) in [4.78, 5) is 24.2. The molecule has 0 spiro atoms. The standard InChI is InChI=1S/C29H27FN4O2/c1-3-7-26(35)33-16-5-4-10-25(33)29-32-27(28-20(2)31-15-17-34(28)29)22-11-13-24(14-12-22)36-19-21-8-6-9-23(30)18-21/h6,8-9,11-15,17-18,25H,4-5,10,16,19H2,1-2H3. The van der Waals surface area contributed by atoms with Crippen molar-refractivity contribution < 1.29 is 13.9 Å². The summed E-state index contributed by atoms with van der Waals surface area (Å²) < 4.78 is 21.3. The third kappa shape index (κ3) is 4.67. The normalized spacial score (nSPS) is 15.4. The van der Waals surface area contributed by atoms with Crippen LogP contribution in [0.15, 0.2) is 60.9 Å². The molecule has 1 unspecified atom stereocenters. The number of ether oxygens (including phenoxy) is 1. The number of halogens is 1. The summed E-state index contributed by atoms with van der Waals surface area (Å²) in [5.74, 6) is 6.50. The highest BCUT2D eigenvalue weighted by Gasteiger charge is 2.31. The van der Waals surface area contributed by atoms with Crippen molar-refractivity contribution in [1.29, 1.82) is 0 Å². The van der Waals surface area contributed by atoms with Crippen molar-refractivity contribution in [2.45, 2.75) is 45.8 Å². The van der Waals surface area contributed by atoms with Gasteiger partial charge in [0.2, 0.25) is 0 Å². The fraction of sp³-hybridized carbons (Fsp3) is 0.276. The first-order valence-corrected chi connectivity index (χ1v) is 12.1. The number of nitrogens with zero attached hydrogens (tertiary/aromatic N) is 4. The highest BCUT2D eigenvalue weighted by molar-refractivity contribution is 5.93. The average molecular weight is 483 g/mol. The molecule has 1 saturated heterocycles. The highest BCUT2D eigenvalue weighted by atomic mass is 19.1. The van der Waals surface area contributed by atoms with Crippen LogP contribution in [-0.2, 0) is 11.4 Å². The third-order valence-electron chi connectivity index (χ3n) is 6.48. The number of carbonyl (C=O) groups is 1. The number of carbonyl (C=O) groups excluding carboxylic acids is 1. The number of aryl methyl sites for hydroxylation is 1. The number of imidazole rings is 1. The maximum absolute atomic E-state index is 13.4. The lowest BCUT2D eigenvalue weighted by molar-refractivity contribution is -0.129. The molecule has 1 amide bonds. The molecule has 1 aliphatic rings. The van der Waals surface area contributed by atoms with Crippen LogP contribution < -0.4 is 4.74 Å². The van der Waals surface area contributed by atoms with Gasteiger partial charge in [-0.05, 0) is 81.0 Å². The summed E-state index contributed by atoms with van der Waals surface area (Å²) in [5, 5.41) is 0. The zero-order valence-corrected chi connectivity index (χ0v) is 20.4. The number of hydrogen-bond acceptors (Lipinski definition) is 4. The summed E-state index contributed by atoms with van der Waals surface area (Å²) in [6.07, 6.45) is 6.50. The molecule has 0 radical (unpaired) electrons. The largest absolute Gasteiger partial charge is 0.489 e. The smallest absolute Gasteiger partial charge is 0.299 e. The third-order valence-corrected chi connectivity index (χ3v) is 6.48. The van der Waals surface area contributed by atoms with Crippen LogP contribution in [0.3, 0.4) is 0 Å². The van der Waals surface area contributed by atoms with Crippen LogP contribution in [0.5, 0.6) is 5.75 Å². The van der Waals surface area contributed by atoms with Gasteiger partial charge in [0.15, 0.2) is 0 Å². The van der Waals surface area contributed by atoms with Crippen molar-refractivity contribution in [3.8, 4) is 28.8 Å². The molecule has 182 valence electrons. The number of piperidine rings is 1. The second kappa shape index (κ2) is 10.2. The van der Waals surface area contributed by atoms with Crippen LogP contribution >= 0.6 is 0 Å². The van der Waals surface area contributed by atoms with Crippen LogP contribution in [0.1, 0.15) is 49.3 Å². The van der Waals surface area contributed by atoms with E-state index >= 15 is 0 Å². The number of amides is 1. The highest BCUT2D eigenvalue weighted by Crippen LogP contribution is 2.35. The van der Waals surface area contributed by atoms with Crippen LogP contribution in [0, 0.1) is 24.6 Å². The lowest BCUT2D eigenvalue weighted by Gasteiger charge is -2.33. The SMILES string of the molecule is CC#CC(=O)N1CCCCC1c1nc(-c2ccc(OCc3cccc(F)c3)cc2)c2c(C)nccn12. The fourth-order valence-corrected chi connectivity index (χ4v) is 4.78. The Kier molecular flexibility index (Phi) is 6.68. The minimum atomic E-state index is -0.280. The summed E-state index contributed by atoms with van der Waals surface area (Å²) >= 11 is 0. The zero-order valence-electron chi connectivity index (χ0n) is 20.4. The number of likely N-dealkylation sites (tertiary alicyclic amines) is 1. The molecule has 0 aliphatic carbocycles. The molecule has 5 rings (SSSR count). The van der Waals surface area contributed by atoms with Gasteiger partial charge in [0.1, 0.15) is 24.0 Å². The van der Waals surface area contributed by atoms with E-state index in [4.69, 9.17) is 9.72 Å². The van der Waals surface area contributed by atoms with Gasteiger partial charge in [0.25, 0.3) is 5.91 Å². The van der Waals surface area contributed by atoms with Crippen molar-refractivity contribution >= 4 is 11.4 Å². The van der Waals surface area contributed by atoms with Crippen LogP contribution in [0.2, 0.25) is 0 Å². The molecule has 36 heavy (non-hydrogen) atoms. The topological polar surface area (TPSA) is 59.7 Å². The van der Waals surface area contributed by atoms with Gasteiger partial charge in [-0.25, -0.2) is 9.37 Å². The number of fused-ring (bicyclic) bond motifs is 1.